The topological polar surface area (TPSA) is 44.7 Å². The molecule has 4 heteroatoms. The van der Waals surface area contributed by atoms with Gasteiger partial charge in [-0.1, -0.05) is 6.92 Å². The number of nitrogens with one attached hydrogen (secondary N) is 1. The lowest BCUT2D eigenvalue weighted by molar-refractivity contribution is -0.0196. The Labute approximate surface area is 92.6 Å². The van der Waals surface area contributed by atoms with E-state index >= 15 is 0 Å². The maximum atomic E-state index is 9.13. The molecule has 0 aliphatic carbocycles. The van der Waals surface area contributed by atoms with Crippen LogP contribution < -0.4 is 5.32 Å². The fourth-order valence-electron chi connectivity index (χ4n) is 1.98. The minimum atomic E-state index is 0.230. The summed E-state index contributed by atoms with van der Waals surface area (Å²) in [6, 6.07) is 0.244. The first-order valence-corrected chi connectivity index (χ1v) is 5.94. The van der Waals surface area contributed by atoms with Gasteiger partial charge in [0.2, 0.25) is 0 Å². The maximum Gasteiger partial charge on any atom is 0.0674 e. The molecule has 1 aliphatic rings. The van der Waals surface area contributed by atoms with Crippen molar-refractivity contribution in [1.29, 1.82) is 0 Å². The van der Waals surface area contributed by atoms with E-state index in [1.807, 2.05) is 0 Å². The molecule has 2 unspecified atom stereocenters. The van der Waals surface area contributed by atoms with Crippen LogP contribution in [0.5, 0.6) is 0 Å². The van der Waals surface area contributed by atoms with Crippen LogP contribution in [0.25, 0.3) is 0 Å². The fraction of sp³-hybridized carbons (Fsp3) is 1.00. The van der Waals surface area contributed by atoms with Gasteiger partial charge in [0, 0.05) is 19.1 Å². The van der Waals surface area contributed by atoms with Gasteiger partial charge in [-0.3, -0.25) is 4.90 Å². The summed E-state index contributed by atoms with van der Waals surface area (Å²) in [5.41, 5.74) is 0. The van der Waals surface area contributed by atoms with Crippen LogP contribution in [0.1, 0.15) is 20.3 Å². The van der Waals surface area contributed by atoms with Crippen LogP contribution in [-0.2, 0) is 4.74 Å². The molecule has 1 heterocycles. The molecule has 90 valence electrons. The van der Waals surface area contributed by atoms with Crippen LogP contribution >= 0.6 is 0 Å². The predicted molar refractivity (Wildman–Crippen MR) is 61.0 cm³/mol. The number of morpholine rings is 1. The largest absolute Gasteiger partial charge is 0.395 e. The predicted octanol–water partition coefficient (Wildman–Crippen LogP) is 0.0676. The highest BCUT2D eigenvalue weighted by Gasteiger charge is 2.17. The van der Waals surface area contributed by atoms with Gasteiger partial charge in [-0.2, -0.15) is 0 Å². The van der Waals surface area contributed by atoms with Gasteiger partial charge in [0.15, 0.2) is 0 Å². The number of aliphatic hydroxyl groups excluding tert-OH is 1. The van der Waals surface area contributed by atoms with Gasteiger partial charge < -0.3 is 15.2 Å². The van der Waals surface area contributed by atoms with Gasteiger partial charge in [-0.25, -0.2) is 0 Å². The van der Waals surface area contributed by atoms with Crippen molar-refractivity contribution in [2.45, 2.75) is 32.4 Å². The van der Waals surface area contributed by atoms with Crippen LogP contribution in [-0.4, -0.2) is 61.5 Å². The van der Waals surface area contributed by atoms with E-state index in [0.717, 1.165) is 39.2 Å². The first kappa shape index (κ1) is 12.9. The lowest BCUT2D eigenvalue weighted by atomic mass is 10.2. The van der Waals surface area contributed by atoms with E-state index in [2.05, 4.69) is 24.1 Å². The summed E-state index contributed by atoms with van der Waals surface area (Å²) in [5, 5.41) is 12.4. The Hall–Kier alpha value is -0.160. The molecular formula is C11H24N2O2. The number of ether oxygens (including phenoxy) is 1. The zero-order valence-electron chi connectivity index (χ0n) is 9.91. The average Bonchev–Trinajstić information content (AvgIpc) is 2.24. The lowest BCUT2D eigenvalue weighted by Gasteiger charge is -2.32. The van der Waals surface area contributed by atoms with E-state index in [1.54, 1.807) is 0 Å². The van der Waals surface area contributed by atoms with E-state index in [-0.39, 0.29) is 12.6 Å². The van der Waals surface area contributed by atoms with Crippen molar-refractivity contribution >= 4 is 0 Å². The van der Waals surface area contributed by atoms with Crippen molar-refractivity contribution in [3.63, 3.8) is 0 Å². The molecule has 1 aliphatic heterocycles. The quantitative estimate of drug-likeness (QED) is 0.659. The molecule has 0 aromatic carbocycles. The Morgan fingerprint density at radius 1 is 1.60 bits per heavy atom. The first-order valence-electron chi connectivity index (χ1n) is 5.94. The maximum absolute atomic E-state index is 9.13. The van der Waals surface area contributed by atoms with Gasteiger partial charge in [0.25, 0.3) is 0 Å². The lowest BCUT2D eigenvalue weighted by Crippen LogP contribution is -2.44. The number of likely N-dealkylation sites (N-methyl/N-ethyl adjacent to an activating group) is 1. The smallest absolute Gasteiger partial charge is 0.0674 e. The minimum Gasteiger partial charge on any atom is -0.395 e. The standard InChI is InChI=1S/C11H24N2O2/c1-3-12-11(9-14)4-5-13-6-7-15-10(2)8-13/h10-12,14H,3-9H2,1-2H3. The molecule has 1 rings (SSSR count). The molecule has 0 aromatic rings. The van der Waals surface area contributed by atoms with E-state index in [4.69, 9.17) is 9.84 Å². The third-order valence-corrected chi connectivity index (χ3v) is 2.83. The Morgan fingerprint density at radius 2 is 2.40 bits per heavy atom. The van der Waals surface area contributed by atoms with E-state index in [0.29, 0.717) is 6.10 Å². The molecule has 4 nitrogen and oxygen atoms in total. The van der Waals surface area contributed by atoms with E-state index in [9.17, 15) is 0 Å². The summed E-state index contributed by atoms with van der Waals surface area (Å²) < 4.78 is 5.48. The van der Waals surface area contributed by atoms with Gasteiger partial charge in [0.1, 0.15) is 0 Å². The van der Waals surface area contributed by atoms with Crippen LogP contribution in [0.3, 0.4) is 0 Å². The summed E-state index contributed by atoms with van der Waals surface area (Å²) in [6.07, 6.45) is 1.36. The van der Waals surface area contributed by atoms with Crippen molar-refractivity contribution < 1.29 is 9.84 Å². The summed E-state index contributed by atoms with van der Waals surface area (Å²) >= 11 is 0. The Balaban J connectivity index is 2.16. The van der Waals surface area contributed by atoms with Crippen LogP contribution in [0.15, 0.2) is 0 Å². The summed E-state index contributed by atoms with van der Waals surface area (Å²) in [6.45, 7) is 9.26. The Morgan fingerprint density at radius 3 is 3.00 bits per heavy atom. The van der Waals surface area contributed by atoms with Crippen LogP contribution in [0, 0.1) is 0 Å². The van der Waals surface area contributed by atoms with Gasteiger partial charge >= 0.3 is 0 Å². The van der Waals surface area contributed by atoms with Crippen molar-refractivity contribution in [2.24, 2.45) is 0 Å². The zero-order valence-corrected chi connectivity index (χ0v) is 9.91. The highest BCUT2D eigenvalue weighted by atomic mass is 16.5. The average molecular weight is 216 g/mol. The minimum absolute atomic E-state index is 0.230. The molecule has 0 bridgehead atoms. The van der Waals surface area contributed by atoms with Crippen LogP contribution in [0.2, 0.25) is 0 Å². The van der Waals surface area contributed by atoms with Gasteiger partial charge in [-0.05, 0) is 26.4 Å². The van der Waals surface area contributed by atoms with Crippen molar-refractivity contribution in [3.8, 4) is 0 Å². The number of aliphatic hydroxyl groups is 1. The van der Waals surface area contributed by atoms with Crippen molar-refractivity contribution in [1.82, 2.24) is 10.2 Å². The van der Waals surface area contributed by atoms with Crippen molar-refractivity contribution in [3.05, 3.63) is 0 Å². The molecule has 0 radical (unpaired) electrons. The summed E-state index contributed by atoms with van der Waals surface area (Å²) in [7, 11) is 0. The first-order chi connectivity index (χ1) is 7.26. The zero-order chi connectivity index (χ0) is 11.1. The molecule has 15 heavy (non-hydrogen) atoms. The number of nitrogens with zero attached hydrogens (tertiary/aromatic N) is 1. The molecule has 0 aromatic heterocycles. The van der Waals surface area contributed by atoms with Crippen molar-refractivity contribution in [2.75, 3.05) is 39.4 Å². The van der Waals surface area contributed by atoms with Crippen LogP contribution in [0.4, 0.5) is 0 Å². The highest BCUT2D eigenvalue weighted by Crippen LogP contribution is 2.05. The summed E-state index contributed by atoms with van der Waals surface area (Å²) in [5.74, 6) is 0. The van der Waals surface area contributed by atoms with Gasteiger partial charge in [0.05, 0.1) is 19.3 Å². The SMILES string of the molecule is CCNC(CO)CCN1CCOC(C)C1. The Kier molecular flexibility index (Phi) is 6.17. The van der Waals surface area contributed by atoms with E-state index in [1.165, 1.54) is 0 Å². The fourth-order valence-corrected chi connectivity index (χ4v) is 1.98. The molecule has 0 amide bonds. The number of rotatable bonds is 6. The monoisotopic (exact) mass is 216 g/mol. The molecule has 1 saturated heterocycles. The normalized spacial score (nSPS) is 25.4. The Bertz CT molecular complexity index is 167. The molecule has 0 saturated carbocycles. The molecule has 2 atom stereocenters. The second kappa shape index (κ2) is 7.17. The second-order valence-corrected chi connectivity index (χ2v) is 4.21. The number of hydrogen-bond donors (Lipinski definition) is 2. The third kappa shape index (κ3) is 4.93. The van der Waals surface area contributed by atoms with E-state index < -0.39 is 0 Å². The molecule has 2 N–H and O–H groups in total. The highest BCUT2D eigenvalue weighted by molar-refractivity contribution is 4.72. The third-order valence-electron chi connectivity index (χ3n) is 2.83. The second-order valence-electron chi connectivity index (χ2n) is 4.21. The molecular weight excluding hydrogens is 192 g/mol. The summed E-state index contributed by atoms with van der Waals surface area (Å²) in [4.78, 5) is 2.41. The van der Waals surface area contributed by atoms with Gasteiger partial charge in [-0.15, -0.1) is 0 Å². The molecule has 0 spiro atoms. The number of hydrogen-bond acceptors (Lipinski definition) is 4. The molecule has 1 fully saturated rings.